The largest absolute Gasteiger partial charge is 0.142 e. The lowest BCUT2D eigenvalue weighted by atomic mass is 10.4. The smallest absolute Gasteiger partial charge is 0.00654 e. The summed E-state index contributed by atoms with van der Waals surface area (Å²) in [6.45, 7) is 2.23. The highest BCUT2D eigenvalue weighted by molar-refractivity contribution is 9.59. The van der Waals surface area contributed by atoms with Gasteiger partial charge in [-0.15, -0.1) is 8.46 Å². The molecule has 0 saturated carbocycles. The number of allylic oxidation sites excluding steroid dienone is 2. The van der Waals surface area contributed by atoms with E-state index in [0.717, 1.165) is 0 Å². The standard InChI is InChI=1S/C8H13BrS/c1-2-3-6-10(9)7-4-5-8-10/h4-5,7-8H,2-3,6H2,1H3. The Labute approximate surface area is 71.9 Å². The van der Waals surface area contributed by atoms with Crippen LogP contribution in [0.15, 0.2) is 23.0 Å². The maximum absolute atomic E-state index is 3.76. The third-order valence-corrected chi connectivity index (χ3v) is 5.93. The normalized spacial score (nSPS) is 23.4. The van der Waals surface area contributed by atoms with Gasteiger partial charge in [0.1, 0.15) is 0 Å². The van der Waals surface area contributed by atoms with E-state index in [2.05, 4.69) is 44.7 Å². The van der Waals surface area contributed by atoms with Crippen LogP contribution in [0.1, 0.15) is 19.8 Å². The predicted octanol–water partition coefficient (Wildman–Crippen LogP) is 3.94. The van der Waals surface area contributed by atoms with E-state index in [4.69, 9.17) is 0 Å². The van der Waals surface area contributed by atoms with E-state index in [-0.39, 0.29) is 0 Å². The fourth-order valence-electron chi connectivity index (χ4n) is 0.899. The molecule has 1 heterocycles. The molecule has 0 aliphatic carbocycles. The first-order valence-corrected chi connectivity index (χ1v) is 7.39. The minimum Gasteiger partial charge on any atom is -0.142 e. The molecular weight excluding hydrogens is 208 g/mol. The second-order valence-electron chi connectivity index (χ2n) is 2.47. The fourth-order valence-corrected chi connectivity index (χ4v) is 4.13. The van der Waals surface area contributed by atoms with Gasteiger partial charge in [-0.05, 0) is 37.8 Å². The molecule has 0 spiro atoms. The average Bonchev–Trinajstić information content (AvgIpc) is 2.33. The van der Waals surface area contributed by atoms with Crippen molar-refractivity contribution in [2.24, 2.45) is 0 Å². The Morgan fingerprint density at radius 1 is 1.30 bits per heavy atom. The Kier molecular flexibility index (Phi) is 3.05. The van der Waals surface area contributed by atoms with Crippen molar-refractivity contribution in [3.8, 4) is 0 Å². The van der Waals surface area contributed by atoms with Crippen LogP contribution in [0.4, 0.5) is 0 Å². The molecule has 0 nitrogen and oxygen atoms in total. The average molecular weight is 221 g/mol. The zero-order chi connectivity index (χ0) is 7.45. The molecule has 0 bridgehead atoms. The second kappa shape index (κ2) is 3.63. The molecule has 0 atom stereocenters. The van der Waals surface area contributed by atoms with E-state index in [1.54, 1.807) is 0 Å². The molecule has 1 aliphatic heterocycles. The van der Waals surface area contributed by atoms with Crippen molar-refractivity contribution in [2.75, 3.05) is 5.75 Å². The zero-order valence-corrected chi connectivity index (χ0v) is 8.62. The maximum atomic E-state index is 3.76. The van der Waals surface area contributed by atoms with E-state index < -0.39 is 8.46 Å². The number of rotatable bonds is 3. The Balaban J connectivity index is 2.38. The molecule has 10 heavy (non-hydrogen) atoms. The fraction of sp³-hybridized carbons (Fsp3) is 0.500. The van der Waals surface area contributed by atoms with Crippen LogP contribution in [0.25, 0.3) is 0 Å². The molecule has 0 amide bonds. The Morgan fingerprint density at radius 2 is 1.90 bits per heavy atom. The van der Waals surface area contributed by atoms with Crippen molar-refractivity contribution < 1.29 is 0 Å². The number of hydrogen-bond acceptors (Lipinski definition) is 0. The van der Waals surface area contributed by atoms with Gasteiger partial charge in [-0.3, -0.25) is 0 Å². The van der Waals surface area contributed by atoms with Gasteiger partial charge in [-0.1, -0.05) is 25.5 Å². The van der Waals surface area contributed by atoms with Crippen molar-refractivity contribution in [2.45, 2.75) is 19.8 Å². The van der Waals surface area contributed by atoms with Crippen molar-refractivity contribution in [1.82, 2.24) is 0 Å². The van der Waals surface area contributed by atoms with Crippen LogP contribution < -0.4 is 0 Å². The van der Waals surface area contributed by atoms with Gasteiger partial charge in [-0.2, -0.15) is 0 Å². The van der Waals surface area contributed by atoms with Crippen LogP contribution in [0.5, 0.6) is 0 Å². The topological polar surface area (TPSA) is 0 Å². The third-order valence-electron chi connectivity index (χ3n) is 1.53. The quantitative estimate of drug-likeness (QED) is 0.677. The summed E-state index contributed by atoms with van der Waals surface area (Å²) in [4.78, 5) is 0. The summed E-state index contributed by atoms with van der Waals surface area (Å²) < 4.78 is 0. The van der Waals surface area contributed by atoms with Gasteiger partial charge in [0.25, 0.3) is 0 Å². The van der Waals surface area contributed by atoms with Crippen molar-refractivity contribution in [1.29, 1.82) is 0 Å². The number of unbranched alkanes of at least 4 members (excludes halogenated alkanes) is 1. The van der Waals surface area contributed by atoms with Gasteiger partial charge >= 0.3 is 0 Å². The number of hydrogen-bond donors (Lipinski definition) is 0. The van der Waals surface area contributed by atoms with Gasteiger partial charge in [-0.25, -0.2) is 0 Å². The molecule has 0 saturated heterocycles. The minimum absolute atomic E-state index is 0.615. The number of halogens is 1. The predicted molar refractivity (Wildman–Crippen MR) is 54.6 cm³/mol. The first-order valence-electron chi connectivity index (χ1n) is 3.62. The lowest BCUT2D eigenvalue weighted by Crippen LogP contribution is -1.87. The van der Waals surface area contributed by atoms with Crippen molar-refractivity contribution >= 4 is 23.3 Å². The highest BCUT2D eigenvalue weighted by Gasteiger charge is 2.14. The maximum Gasteiger partial charge on any atom is -0.00654 e. The summed E-state index contributed by atoms with van der Waals surface area (Å²) in [5, 5.41) is 4.59. The summed E-state index contributed by atoms with van der Waals surface area (Å²) in [5.41, 5.74) is 0. The van der Waals surface area contributed by atoms with Gasteiger partial charge in [0, 0.05) is 0 Å². The molecular formula is C8H13BrS. The van der Waals surface area contributed by atoms with Crippen molar-refractivity contribution in [3.63, 3.8) is 0 Å². The van der Waals surface area contributed by atoms with Crippen LogP contribution >= 0.6 is 23.3 Å². The van der Waals surface area contributed by atoms with E-state index >= 15 is 0 Å². The van der Waals surface area contributed by atoms with Gasteiger partial charge in [0.15, 0.2) is 0 Å². The summed E-state index contributed by atoms with van der Waals surface area (Å²) in [6, 6.07) is 0. The Hall–Kier alpha value is 0.310. The van der Waals surface area contributed by atoms with Crippen LogP contribution in [-0.4, -0.2) is 5.75 Å². The first-order chi connectivity index (χ1) is 4.77. The van der Waals surface area contributed by atoms with Crippen LogP contribution in [-0.2, 0) is 0 Å². The molecule has 0 aromatic rings. The molecule has 0 aromatic carbocycles. The minimum atomic E-state index is -0.615. The molecule has 0 fully saturated rings. The summed E-state index contributed by atoms with van der Waals surface area (Å²) in [6.07, 6.45) is 6.90. The van der Waals surface area contributed by atoms with Crippen LogP contribution in [0.2, 0.25) is 0 Å². The first kappa shape index (κ1) is 8.41. The molecule has 0 N–H and O–H groups in total. The molecule has 1 rings (SSSR count). The van der Waals surface area contributed by atoms with E-state index in [0.29, 0.717) is 0 Å². The molecule has 0 aromatic heterocycles. The second-order valence-corrected chi connectivity index (χ2v) is 8.55. The summed E-state index contributed by atoms with van der Waals surface area (Å²) in [7, 11) is -0.615. The Morgan fingerprint density at radius 3 is 2.40 bits per heavy atom. The highest BCUT2D eigenvalue weighted by Crippen LogP contribution is 2.61. The molecule has 58 valence electrons. The van der Waals surface area contributed by atoms with Crippen LogP contribution in [0, 0.1) is 0 Å². The van der Waals surface area contributed by atoms with Gasteiger partial charge in [0.2, 0.25) is 0 Å². The van der Waals surface area contributed by atoms with Gasteiger partial charge < -0.3 is 0 Å². The molecule has 0 radical (unpaired) electrons. The molecule has 2 heteroatoms. The van der Waals surface area contributed by atoms with Crippen molar-refractivity contribution in [3.05, 3.63) is 23.0 Å². The zero-order valence-electron chi connectivity index (χ0n) is 6.22. The highest BCUT2D eigenvalue weighted by atomic mass is 79.9. The lowest BCUT2D eigenvalue weighted by Gasteiger charge is -2.22. The Bertz CT molecular complexity index is 149. The summed E-state index contributed by atoms with van der Waals surface area (Å²) in [5.74, 6) is 1.30. The third kappa shape index (κ3) is 2.17. The summed E-state index contributed by atoms with van der Waals surface area (Å²) >= 11 is 3.76. The van der Waals surface area contributed by atoms with E-state index in [1.165, 1.54) is 18.6 Å². The van der Waals surface area contributed by atoms with Crippen LogP contribution in [0.3, 0.4) is 0 Å². The monoisotopic (exact) mass is 220 g/mol. The molecule has 0 unspecified atom stereocenters. The SMILES string of the molecule is CCCCS1(Br)C=CC=C1. The lowest BCUT2D eigenvalue weighted by molar-refractivity contribution is 0.896. The molecule has 1 aliphatic rings. The van der Waals surface area contributed by atoms with Gasteiger partial charge in [0.05, 0.1) is 0 Å². The van der Waals surface area contributed by atoms with E-state index in [1.807, 2.05) is 0 Å². The van der Waals surface area contributed by atoms with E-state index in [9.17, 15) is 0 Å².